The van der Waals surface area contributed by atoms with Crippen LogP contribution in [0, 0.1) is 0 Å². The van der Waals surface area contributed by atoms with Gasteiger partial charge in [-0.15, -0.1) is 0 Å². The van der Waals surface area contributed by atoms with Gasteiger partial charge in [0.2, 0.25) is 0 Å². The summed E-state index contributed by atoms with van der Waals surface area (Å²) < 4.78 is 12.9. The molecule has 0 aromatic heterocycles. The van der Waals surface area contributed by atoms with E-state index in [1.54, 1.807) is 0 Å². The van der Waals surface area contributed by atoms with Crippen molar-refractivity contribution >= 4 is 8.32 Å². The van der Waals surface area contributed by atoms with Gasteiger partial charge in [-0.3, -0.25) is 0 Å². The predicted octanol–water partition coefficient (Wildman–Crippen LogP) is 2.49. The number of nitrogens with zero attached hydrogens (tertiary/aromatic N) is 1. The molecule has 102 valence electrons. The van der Waals surface area contributed by atoms with E-state index in [1.165, 1.54) is 18.1 Å². The van der Waals surface area contributed by atoms with E-state index >= 15 is 0 Å². The average Bonchev–Trinajstić information content (AvgIpc) is 2.36. The third-order valence-electron chi connectivity index (χ3n) is 4.52. The maximum atomic E-state index is 6.33. The van der Waals surface area contributed by atoms with E-state index in [0.717, 1.165) is 43.9 Å². The smallest absolute Gasteiger partial charge is 0.192 e. The zero-order chi connectivity index (χ0) is 12.8. The molecule has 0 N–H and O–H groups in total. The normalized spacial score (nSPS) is 20.5. The van der Waals surface area contributed by atoms with Crippen LogP contribution in [0.15, 0.2) is 0 Å². The van der Waals surface area contributed by atoms with Crippen LogP contribution in [-0.2, 0) is 9.16 Å². The molecule has 3 nitrogen and oxygen atoms in total. The number of rotatable bonds is 7. The maximum Gasteiger partial charge on any atom is 0.192 e. The van der Waals surface area contributed by atoms with E-state index in [1.807, 2.05) is 0 Å². The molecule has 4 heteroatoms. The van der Waals surface area contributed by atoms with E-state index in [9.17, 15) is 0 Å². The van der Waals surface area contributed by atoms with Crippen molar-refractivity contribution in [3.8, 4) is 0 Å². The Kier molecular flexibility index (Phi) is 6.13. The molecule has 1 saturated heterocycles. The number of likely N-dealkylation sites (N-methyl/N-ethyl adjacent to an activating group) is 1. The number of hydrogen-bond donors (Lipinski definition) is 0. The van der Waals surface area contributed by atoms with Crippen molar-refractivity contribution in [2.75, 3.05) is 46.5 Å². The Morgan fingerprint density at radius 1 is 1.06 bits per heavy atom. The zero-order valence-electron chi connectivity index (χ0n) is 12.1. The molecule has 17 heavy (non-hydrogen) atoms. The van der Waals surface area contributed by atoms with Gasteiger partial charge in [0.05, 0.1) is 26.9 Å². The lowest BCUT2D eigenvalue weighted by molar-refractivity contribution is -0.916. The fourth-order valence-electron chi connectivity index (χ4n) is 2.55. The van der Waals surface area contributed by atoms with Crippen LogP contribution in [-0.4, -0.2) is 59.3 Å². The summed E-state index contributed by atoms with van der Waals surface area (Å²) >= 11 is 0. The van der Waals surface area contributed by atoms with E-state index in [2.05, 4.69) is 27.8 Å². The van der Waals surface area contributed by atoms with Crippen molar-refractivity contribution in [3.63, 3.8) is 0 Å². The van der Waals surface area contributed by atoms with Crippen LogP contribution in [0.3, 0.4) is 0 Å². The molecule has 0 aromatic rings. The van der Waals surface area contributed by atoms with Crippen molar-refractivity contribution in [3.05, 3.63) is 0 Å². The number of hydrogen-bond acceptors (Lipinski definition) is 2. The highest BCUT2D eigenvalue weighted by Crippen LogP contribution is 2.21. The first-order chi connectivity index (χ1) is 8.10. The summed E-state index contributed by atoms with van der Waals surface area (Å²) in [4.78, 5) is 0. The highest BCUT2D eigenvalue weighted by Gasteiger charge is 2.31. The lowest BCUT2D eigenvalue weighted by Crippen LogP contribution is -2.54. The Morgan fingerprint density at radius 2 is 1.59 bits per heavy atom. The largest absolute Gasteiger partial charge is 0.411 e. The van der Waals surface area contributed by atoms with E-state index in [0.29, 0.717) is 0 Å². The number of quaternary nitrogens is 1. The van der Waals surface area contributed by atoms with Gasteiger partial charge in [0, 0.05) is 0 Å². The lowest BCUT2D eigenvalue weighted by Gasteiger charge is -2.38. The summed E-state index contributed by atoms with van der Waals surface area (Å²) in [6.45, 7) is 13.1. The quantitative estimate of drug-likeness (QED) is 0.517. The Bertz CT molecular complexity index is 205. The van der Waals surface area contributed by atoms with Gasteiger partial charge in [-0.1, -0.05) is 20.8 Å². The minimum absolute atomic E-state index is 0.911. The molecule has 0 radical (unpaired) electrons. The third-order valence-corrected chi connectivity index (χ3v) is 9.21. The van der Waals surface area contributed by atoms with Gasteiger partial charge in [-0.05, 0) is 18.1 Å². The van der Waals surface area contributed by atoms with Crippen molar-refractivity contribution in [1.82, 2.24) is 0 Å². The van der Waals surface area contributed by atoms with E-state index in [4.69, 9.17) is 9.16 Å². The third kappa shape index (κ3) is 4.36. The second kappa shape index (κ2) is 6.88. The summed E-state index contributed by atoms with van der Waals surface area (Å²) in [5.74, 6) is 0. The number of morpholine rings is 1. The van der Waals surface area contributed by atoms with Gasteiger partial charge >= 0.3 is 0 Å². The minimum Gasteiger partial charge on any atom is -0.411 e. The molecule has 0 bridgehead atoms. The number of ether oxygens (including phenoxy) is 1. The SMILES string of the molecule is CC[Si](CC)(CC)OCC[N+]1(C)CCOCC1. The second-order valence-corrected chi connectivity index (χ2v) is 10.3. The van der Waals surface area contributed by atoms with Crippen molar-refractivity contribution in [2.24, 2.45) is 0 Å². The molecule has 0 atom stereocenters. The molecule has 0 unspecified atom stereocenters. The van der Waals surface area contributed by atoms with Crippen LogP contribution in [0.1, 0.15) is 20.8 Å². The molecule has 0 saturated carbocycles. The van der Waals surface area contributed by atoms with Gasteiger partial charge in [-0.2, -0.15) is 0 Å². The summed E-state index contributed by atoms with van der Waals surface area (Å²) in [5, 5.41) is 0. The first-order valence-corrected chi connectivity index (χ1v) is 9.68. The molecule has 1 fully saturated rings. The highest BCUT2D eigenvalue weighted by molar-refractivity contribution is 6.73. The molecule has 0 spiro atoms. The van der Waals surface area contributed by atoms with Crippen molar-refractivity contribution in [2.45, 2.75) is 38.9 Å². The summed E-state index contributed by atoms with van der Waals surface area (Å²) in [6.07, 6.45) is 0. The molecule has 0 aliphatic carbocycles. The van der Waals surface area contributed by atoms with Crippen LogP contribution in [0.5, 0.6) is 0 Å². The summed E-state index contributed by atoms with van der Waals surface area (Å²) in [5.41, 5.74) is 0. The monoisotopic (exact) mass is 260 g/mol. The minimum atomic E-state index is -1.38. The second-order valence-electron chi connectivity index (χ2n) is 5.49. The topological polar surface area (TPSA) is 18.5 Å². The van der Waals surface area contributed by atoms with Gasteiger partial charge in [0.1, 0.15) is 19.6 Å². The Morgan fingerprint density at radius 3 is 2.06 bits per heavy atom. The highest BCUT2D eigenvalue weighted by atomic mass is 28.4. The van der Waals surface area contributed by atoms with Crippen molar-refractivity contribution in [1.29, 1.82) is 0 Å². The molecule has 1 rings (SSSR count). The Hall–Kier alpha value is 0.0969. The Balaban J connectivity index is 2.34. The van der Waals surface area contributed by atoms with Gasteiger partial charge in [0.15, 0.2) is 8.32 Å². The molecule has 0 aromatic carbocycles. The van der Waals surface area contributed by atoms with Crippen LogP contribution in [0.4, 0.5) is 0 Å². The fourth-order valence-corrected chi connectivity index (χ4v) is 5.18. The molecular formula is C13H30NO2Si+. The van der Waals surface area contributed by atoms with Crippen molar-refractivity contribution < 1.29 is 13.6 Å². The average molecular weight is 260 g/mol. The molecule has 1 aliphatic heterocycles. The molecule has 1 heterocycles. The van der Waals surface area contributed by atoms with Crippen LogP contribution in [0.2, 0.25) is 18.1 Å². The Labute approximate surface area is 108 Å². The van der Waals surface area contributed by atoms with Crippen LogP contribution in [0.25, 0.3) is 0 Å². The van der Waals surface area contributed by atoms with Gasteiger partial charge in [-0.25, -0.2) is 0 Å². The molecule has 1 aliphatic rings. The summed E-state index contributed by atoms with van der Waals surface area (Å²) in [7, 11) is 0.956. The van der Waals surface area contributed by atoms with Gasteiger partial charge < -0.3 is 13.6 Å². The summed E-state index contributed by atoms with van der Waals surface area (Å²) in [6, 6.07) is 3.77. The fraction of sp³-hybridized carbons (Fsp3) is 1.00. The lowest BCUT2D eigenvalue weighted by atomic mass is 10.3. The van der Waals surface area contributed by atoms with Crippen LogP contribution < -0.4 is 0 Å². The first kappa shape index (κ1) is 15.2. The molecule has 0 amide bonds. The van der Waals surface area contributed by atoms with E-state index < -0.39 is 8.32 Å². The van der Waals surface area contributed by atoms with Gasteiger partial charge in [0.25, 0.3) is 0 Å². The maximum absolute atomic E-state index is 6.33. The predicted molar refractivity (Wildman–Crippen MR) is 74.8 cm³/mol. The first-order valence-electron chi connectivity index (χ1n) is 7.15. The zero-order valence-corrected chi connectivity index (χ0v) is 13.1. The molecular weight excluding hydrogens is 230 g/mol. The standard InChI is InChI=1S/C13H30NO2Si/c1-5-17(6-2,7-3)16-13-10-14(4)8-11-15-12-9-14/h5-13H2,1-4H3/q+1. The van der Waals surface area contributed by atoms with Crippen LogP contribution >= 0.6 is 0 Å². The van der Waals surface area contributed by atoms with E-state index in [-0.39, 0.29) is 0 Å².